The Hall–Kier alpha value is -1.65. The molecule has 1 aromatic rings. The normalized spacial score (nSPS) is 16.5. The van der Waals surface area contributed by atoms with Gasteiger partial charge in [-0.2, -0.15) is 0 Å². The Balaban J connectivity index is 2.02. The maximum absolute atomic E-state index is 12.0. The van der Waals surface area contributed by atoms with E-state index in [1.54, 1.807) is 6.07 Å². The standard InChI is InChI=1S/C15H24N4O/c1-11(2)9-16-15(20)13-8-14(18-10-17-13)19-6-4-12(3)5-7-19/h8,10-12H,4-7,9H2,1-3H3,(H,16,20). The first-order chi connectivity index (χ1) is 9.56. The molecule has 1 saturated heterocycles. The number of carbonyl (C=O) groups is 1. The van der Waals surface area contributed by atoms with Crippen LogP contribution in [0.3, 0.4) is 0 Å². The molecule has 2 rings (SSSR count). The first kappa shape index (κ1) is 14.8. The van der Waals surface area contributed by atoms with Crippen molar-refractivity contribution in [2.75, 3.05) is 24.5 Å². The summed E-state index contributed by atoms with van der Waals surface area (Å²) < 4.78 is 0. The Kier molecular flexibility index (Phi) is 4.93. The molecule has 0 unspecified atom stereocenters. The summed E-state index contributed by atoms with van der Waals surface area (Å²) >= 11 is 0. The number of nitrogens with zero attached hydrogens (tertiary/aromatic N) is 3. The lowest BCUT2D eigenvalue weighted by Gasteiger charge is -2.31. The third kappa shape index (κ3) is 3.92. The van der Waals surface area contributed by atoms with Gasteiger partial charge in [-0.25, -0.2) is 9.97 Å². The highest BCUT2D eigenvalue weighted by molar-refractivity contribution is 5.92. The number of carbonyl (C=O) groups excluding carboxylic acids is 1. The number of hydrogen-bond acceptors (Lipinski definition) is 4. The van der Waals surface area contributed by atoms with Gasteiger partial charge in [-0.3, -0.25) is 4.79 Å². The molecule has 1 aromatic heterocycles. The van der Waals surface area contributed by atoms with Crippen molar-refractivity contribution >= 4 is 11.7 Å². The number of hydrogen-bond donors (Lipinski definition) is 1. The van der Waals surface area contributed by atoms with Gasteiger partial charge in [-0.15, -0.1) is 0 Å². The van der Waals surface area contributed by atoms with Crippen molar-refractivity contribution < 1.29 is 4.79 Å². The smallest absolute Gasteiger partial charge is 0.270 e. The number of aromatic nitrogens is 2. The molecule has 1 fully saturated rings. The van der Waals surface area contributed by atoms with Crippen LogP contribution in [-0.2, 0) is 0 Å². The minimum Gasteiger partial charge on any atom is -0.356 e. The van der Waals surface area contributed by atoms with E-state index >= 15 is 0 Å². The second-order valence-corrected chi connectivity index (χ2v) is 6.03. The van der Waals surface area contributed by atoms with E-state index in [0.29, 0.717) is 18.2 Å². The minimum atomic E-state index is -0.118. The summed E-state index contributed by atoms with van der Waals surface area (Å²) in [5.74, 6) is 1.96. The lowest BCUT2D eigenvalue weighted by atomic mass is 9.99. The van der Waals surface area contributed by atoms with E-state index < -0.39 is 0 Å². The molecule has 5 nitrogen and oxygen atoms in total. The fraction of sp³-hybridized carbons (Fsp3) is 0.667. The van der Waals surface area contributed by atoms with Gasteiger partial charge in [-0.1, -0.05) is 20.8 Å². The Morgan fingerprint density at radius 3 is 2.75 bits per heavy atom. The van der Waals surface area contributed by atoms with Crippen molar-refractivity contribution in [3.8, 4) is 0 Å². The van der Waals surface area contributed by atoms with E-state index in [1.165, 1.54) is 19.2 Å². The lowest BCUT2D eigenvalue weighted by Crippen LogP contribution is -2.34. The van der Waals surface area contributed by atoms with Crippen LogP contribution in [0.2, 0.25) is 0 Å². The molecule has 5 heteroatoms. The van der Waals surface area contributed by atoms with Crippen molar-refractivity contribution in [3.05, 3.63) is 18.1 Å². The lowest BCUT2D eigenvalue weighted by molar-refractivity contribution is 0.0944. The Bertz CT molecular complexity index is 453. The summed E-state index contributed by atoms with van der Waals surface area (Å²) in [4.78, 5) is 22.6. The monoisotopic (exact) mass is 276 g/mol. The SMILES string of the molecule is CC(C)CNC(=O)c1cc(N2CCC(C)CC2)ncn1. The molecular weight excluding hydrogens is 252 g/mol. The van der Waals surface area contributed by atoms with Crippen LogP contribution in [0.5, 0.6) is 0 Å². The van der Waals surface area contributed by atoms with Crippen LogP contribution in [0.1, 0.15) is 44.1 Å². The summed E-state index contributed by atoms with van der Waals surface area (Å²) in [5, 5.41) is 2.89. The maximum atomic E-state index is 12.0. The fourth-order valence-corrected chi connectivity index (χ4v) is 2.27. The quantitative estimate of drug-likeness (QED) is 0.915. The second kappa shape index (κ2) is 6.68. The number of rotatable bonds is 4. The van der Waals surface area contributed by atoms with Gasteiger partial charge < -0.3 is 10.2 Å². The van der Waals surface area contributed by atoms with Crippen LogP contribution < -0.4 is 10.2 Å². The highest BCUT2D eigenvalue weighted by atomic mass is 16.1. The molecule has 1 amide bonds. The van der Waals surface area contributed by atoms with Crippen LogP contribution in [0.25, 0.3) is 0 Å². The first-order valence-corrected chi connectivity index (χ1v) is 7.41. The van der Waals surface area contributed by atoms with E-state index in [0.717, 1.165) is 24.8 Å². The van der Waals surface area contributed by atoms with E-state index in [1.807, 2.05) is 0 Å². The van der Waals surface area contributed by atoms with Crippen molar-refractivity contribution in [2.45, 2.75) is 33.6 Å². The molecule has 110 valence electrons. The molecule has 1 aliphatic rings. The molecule has 0 atom stereocenters. The summed E-state index contributed by atoms with van der Waals surface area (Å²) in [7, 11) is 0. The predicted octanol–water partition coefficient (Wildman–Crippen LogP) is 2.10. The van der Waals surface area contributed by atoms with Crippen LogP contribution >= 0.6 is 0 Å². The van der Waals surface area contributed by atoms with E-state index in [4.69, 9.17) is 0 Å². The maximum Gasteiger partial charge on any atom is 0.270 e. The Morgan fingerprint density at radius 2 is 2.10 bits per heavy atom. The van der Waals surface area contributed by atoms with Crippen LogP contribution in [0, 0.1) is 11.8 Å². The number of piperidine rings is 1. The molecule has 0 saturated carbocycles. The molecule has 0 spiro atoms. The van der Waals surface area contributed by atoms with Gasteiger partial charge in [0.2, 0.25) is 0 Å². The number of amides is 1. The first-order valence-electron chi connectivity index (χ1n) is 7.41. The van der Waals surface area contributed by atoms with Gasteiger partial charge in [0.1, 0.15) is 17.8 Å². The van der Waals surface area contributed by atoms with Crippen LogP contribution in [-0.4, -0.2) is 35.5 Å². The molecule has 1 aliphatic heterocycles. The van der Waals surface area contributed by atoms with Gasteiger partial charge in [0.15, 0.2) is 0 Å². The zero-order valence-corrected chi connectivity index (χ0v) is 12.6. The predicted molar refractivity (Wildman–Crippen MR) is 79.8 cm³/mol. The largest absolute Gasteiger partial charge is 0.356 e. The number of nitrogens with one attached hydrogen (secondary N) is 1. The molecule has 0 aliphatic carbocycles. The summed E-state index contributed by atoms with van der Waals surface area (Å²) in [6.07, 6.45) is 3.84. The van der Waals surface area contributed by atoms with Gasteiger partial charge in [0.25, 0.3) is 5.91 Å². The fourth-order valence-electron chi connectivity index (χ4n) is 2.27. The van der Waals surface area contributed by atoms with E-state index in [9.17, 15) is 4.79 Å². The summed E-state index contributed by atoms with van der Waals surface area (Å²) in [6, 6.07) is 1.80. The molecular formula is C15H24N4O. The molecule has 0 aromatic carbocycles. The average Bonchev–Trinajstić information content (AvgIpc) is 2.45. The van der Waals surface area contributed by atoms with E-state index in [-0.39, 0.29) is 5.91 Å². The molecule has 1 N–H and O–H groups in total. The molecule has 20 heavy (non-hydrogen) atoms. The molecule has 0 radical (unpaired) electrons. The summed E-state index contributed by atoms with van der Waals surface area (Å²) in [5.41, 5.74) is 0.453. The Labute approximate surface area is 120 Å². The third-order valence-electron chi connectivity index (χ3n) is 3.66. The highest BCUT2D eigenvalue weighted by Crippen LogP contribution is 2.21. The van der Waals surface area contributed by atoms with Crippen molar-refractivity contribution in [1.82, 2.24) is 15.3 Å². The van der Waals surface area contributed by atoms with Crippen molar-refractivity contribution in [3.63, 3.8) is 0 Å². The third-order valence-corrected chi connectivity index (χ3v) is 3.66. The van der Waals surface area contributed by atoms with Crippen molar-refractivity contribution in [2.24, 2.45) is 11.8 Å². The van der Waals surface area contributed by atoms with Gasteiger partial charge >= 0.3 is 0 Å². The zero-order valence-electron chi connectivity index (χ0n) is 12.6. The van der Waals surface area contributed by atoms with E-state index in [2.05, 4.69) is 41.0 Å². The number of anilines is 1. The molecule has 2 heterocycles. The summed E-state index contributed by atoms with van der Waals surface area (Å²) in [6.45, 7) is 9.10. The Morgan fingerprint density at radius 1 is 1.40 bits per heavy atom. The van der Waals surface area contributed by atoms with Gasteiger partial charge in [0, 0.05) is 25.7 Å². The van der Waals surface area contributed by atoms with Gasteiger partial charge in [0.05, 0.1) is 0 Å². The van der Waals surface area contributed by atoms with Crippen LogP contribution in [0.15, 0.2) is 12.4 Å². The zero-order chi connectivity index (χ0) is 14.5. The second-order valence-electron chi connectivity index (χ2n) is 6.03. The van der Waals surface area contributed by atoms with Crippen LogP contribution in [0.4, 0.5) is 5.82 Å². The average molecular weight is 276 g/mol. The molecule has 0 bridgehead atoms. The van der Waals surface area contributed by atoms with Gasteiger partial charge in [-0.05, 0) is 24.7 Å². The highest BCUT2D eigenvalue weighted by Gasteiger charge is 2.18. The van der Waals surface area contributed by atoms with Crippen molar-refractivity contribution in [1.29, 1.82) is 0 Å². The topological polar surface area (TPSA) is 58.1 Å². The minimum absolute atomic E-state index is 0.118.